The highest BCUT2D eigenvalue weighted by Crippen LogP contribution is 1.41. The normalized spacial score (nSPS) is 18.8. The number of quaternary nitrogens is 2. The van der Waals surface area contributed by atoms with Crippen molar-refractivity contribution in [2.24, 2.45) is 0 Å². The second-order valence-corrected chi connectivity index (χ2v) is 1.82. The molecule has 0 bridgehead atoms. The van der Waals surface area contributed by atoms with Crippen molar-refractivity contribution >= 4 is 0 Å². The van der Waals surface area contributed by atoms with E-state index in [-0.39, 0.29) is 10.4 Å². The van der Waals surface area contributed by atoms with Crippen molar-refractivity contribution in [2.75, 3.05) is 21.1 Å². The second kappa shape index (κ2) is 2.95. The van der Waals surface area contributed by atoms with Gasteiger partial charge in [0.25, 0.3) is 0 Å². The maximum atomic E-state index is 10.5. The molecule has 0 amide bonds. The zero-order valence-corrected chi connectivity index (χ0v) is 5.36. The van der Waals surface area contributed by atoms with Crippen LogP contribution in [-0.2, 0) is 0 Å². The van der Waals surface area contributed by atoms with E-state index in [1.165, 1.54) is 12.1 Å². The fraction of sp³-hybridized carbons (Fsp3) is 1.00. The van der Waals surface area contributed by atoms with Gasteiger partial charge < -0.3 is 11.0 Å². The molecule has 0 aromatic heterocycles. The molecule has 0 saturated heterocycles. The van der Waals surface area contributed by atoms with Crippen molar-refractivity contribution in [3.05, 3.63) is 11.0 Å². The number of nitrogens with one attached hydrogen (secondary N) is 3. The molecule has 0 heterocycles. The van der Waals surface area contributed by atoms with Crippen LogP contribution in [0.25, 0.3) is 5.84 Å². The Balaban J connectivity index is 3.46. The molecule has 0 rings (SSSR count). The highest BCUT2D eigenvalue weighted by Gasteiger charge is 1.98. The number of hydrogen-bond donors (Lipinski definition) is 2. The summed E-state index contributed by atoms with van der Waals surface area (Å²) in [6.07, 6.45) is 0. The van der Waals surface area contributed by atoms with Crippen LogP contribution in [0.4, 0.5) is 0 Å². The fourth-order valence-corrected chi connectivity index (χ4v) is 0.335. The Kier molecular flexibility index (Phi) is 2.88. The summed E-state index contributed by atoms with van der Waals surface area (Å²) in [6.45, 7) is 0. The monoisotopic (exact) mass is 120 g/mol. The summed E-state index contributed by atoms with van der Waals surface area (Å²) in [5.41, 5.74) is 0. The molecule has 5 nitrogen and oxygen atoms in total. The molecule has 0 radical (unpaired) electrons. The molecule has 2 atom stereocenters. The highest BCUT2D eigenvalue weighted by atomic mass is 16.6. The van der Waals surface area contributed by atoms with Gasteiger partial charge in [0.2, 0.25) is 0 Å². The summed E-state index contributed by atoms with van der Waals surface area (Å²) in [5, 5.41) is 11.8. The van der Waals surface area contributed by atoms with Crippen LogP contribution in [0.3, 0.4) is 0 Å². The van der Waals surface area contributed by atoms with Crippen LogP contribution in [0.1, 0.15) is 0 Å². The van der Waals surface area contributed by atoms with Crippen molar-refractivity contribution in [1.29, 1.82) is 0 Å². The van der Waals surface area contributed by atoms with E-state index in [4.69, 9.17) is 5.84 Å². The molecular weight excluding hydrogens is 108 g/mol. The van der Waals surface area contributed by atoms with Gasteiger partial charge in [0.05, 0.1) is 0 Å². The molecular formula is C3H12N4O. The van der Waals surface area contributed by atoms with Gasteiger partial charge in [0.15, 0.2) is 0 Å². The van der Waals surface area contributed by atoms with E-state index in [2.05, 4.69) is 0 Å². The summed E-state index contributed by atoms with van der Waals surface area (Å²) in [5.74, 6) is 6.84. The Bertz CT molecular complexity index is 56.3. The lowest BCUT2D eigenvalue weighted by Crippen LogP contribution is -3.56. The van der Waals surface area contributed by atoms with E-state index in [9.17, 15) is 5.21 Å². The molecule has 0 aliphatic rings. The molecule has 0 aliphatic heterocycles. The third-order valence-corrected chi connectivity index (χ3v) is 0.727. The number of hydrogen-bond acceptors (Lipinski definition) is 2. The third-order valence-electron chi connectivity index (χ3n) is 0.727. The SMILES string of the molecule is CN(C)[NH+]([O-])[NH+](C)[NH-]. The van der Waals surface area contributed by atoms with Crippen LogP contribution in [0.5, 0.6) is 0 Å². The fourth-order valence-electron chi connectivity index (χ4n) is 0.335. The lowest BCUT2D eigenvalue weighted by Gasteiger charge is -2.32. The van der Waals surface area contributed by atoms with Crippen molar-refractivity contribution in [1.82, 2.24) is 5.01 Å². The summed E-state index contributed by atoms with van der Waals surface area (Å²) < 4.78 is 0. The first-order chi connectivity index (χ1) is 3.55. The summed E-state index contributed by atoms with van der Waals surface area (Å²) >= 11 is 0. The molecule has 0 aromatic carbocycles. The summed E-state index contributed by atoms with van der Waals surface area (Å²) in [4.78, 5) is 0. The number of nitrogens with zero attached hydrogens (tertiary/aromatic N) is 1. The minimum absolute atomic E-state index is 0.0787. The molecule has 0 fully saturated rings. The molecule has 8 heavy (non-hydrogen) atoms. The van der Waals surface area contributed by atoms with Crippen molar-refractivity contribution in [3.63, 3.8) is 0 Å². The minimum Gasteiger partial charge on any atom is -0.564 e. The van der Waals surface area contributed by atoms with Crippen molar-refractivity contribution in [3.8, 4) is 0 Å². The van der Waals surface area contributed by atoms with E-state index < -0.39 is 0 Å². The van der Waals surface area contributed by atoms with Gasteiger partial charge in [-0.2, -0.15) is 0 Å². The van der Waals surface area contributed by atoms with Gasteiger partial charge in [-0.1, -0.05) is 0 Å². The standard InChI is InChI=1S/C3H12N4O/c1-5(2)7(8)6(3)4/h4,6-7H,1-3H3. The smallest absolute Gasteiger partial charge is 0.102 e. The lowest BCUT2D eigenvalue weighted by molar-refractivity contribution is -1.50. The van der Waals surface area contributed by atoms with Crippen LogP contribution in [0.2, 0.25) is 0 Å². The van der Waals surface area contributed by atoms with Crippen molar-refractivity contribution in [2.45, 2.75) is 0 Å². The first-order valence-corrected chi connectivity index (χ1v) is 2.32. The van der Waals surface area contributed by atoms with Crippen LogP contribution in [-0.4, -0.2) is 26.2 Å². The summed E-state index contributed by atoms with van der Waals surface area (Å²) in [7, 11) is 4.73. The first kappa shape index (κ1) is 7.80. The van der Waals surface area contributed by atoms with Gasteiger partial charge in [0, 0.05) is 14.1 Å². The average molecular weight is 120 g/mol. The van der Waals surface area contributed by atoms with E-state index in [0.29, 0.717) is 0 Å². The van der Waals surface area contributed by atoms with E-state index in [1.54, 1.807) is 14.1 Å². The predicted octanol–water partition coefficient (Wildman–Crippen LogP) is -2.76. The Morgan fingerprint density at radius 3 is 1.88 bits per heavy atom. The Morgan fingerprint density at radius 1 is 1.50 bits per heavy atom. The number of rotatable bonds is 2. The lowest BCUT2D eigenvalue weighted by atomic mass is 11.2. The Morgan fingerprint density at radius 2 is 1.88 bits per heavy atom. The predicted molar refractivity (Wildman–Crippen MR) is 29.2 cm³/mol. The topological polar surface area (TPSA) is 59.0 Å². The van der Waals surface area contributed by atoms with Gasteiger partial charge in [0.1, 0.15) is 7.05 Å². The average Bonchev–Trinajstić information content (AvgIpc) is 1.64. The van der Waals surface area contributed by atoms with Crippen LogP contribution < -0.4 is 10.4 Å². The van der Waals surface area contributed by atoms with E-state index >= 15 is 0 Å². The zero-order valence-electron chi connectivity index (χ0n) is 5.36. The summed E-state index contributed by atoms with van der Waals surface area (Å²) in [6, 6.07) is 0. The van der Waals surface area contributed by atoms with E-state index in [1.807, 2.05) is 0 Å². The first-order valence-electron chi connectivity index (χ1n) is 2.32. The molecule has 3 N–H and O–H groups in total. The second-order valence-electron chi connectivity index (χ2n) is 1.82. The van der Waals surface area contributed by atoms with Gasteiger partial charge >= 0.3 is 0 Å². The van der Waals surface area contributed by atoms with Crippen LogP contribution >= 0.6 is 0 Å². The maximum Gasteiger partial charge on any atom is 0.102 e. The van der Waals surface area contributed by atoms with Gasteiger partial charge in [-0.15, -0.1) is 10.3 Å². The van der Waals surface area contributed by atoms with Gasteiger partial charge in [-0.25, -0.2) is 5.12 Å². The third kappa shape index (κ3) is 2.20. The Hall–Kier alpha value is -0.200. The zero-order chi connectivity index (χ0) is 6.73. The van der Waals surface area contributed by atoms with E-state index in [0.717, 1.165) is 0 Å². The van der Waals surface area contributed by atoms with Crippen LogP contribution in [0, 0.1) is 5.21 Å². The molecule has 0 aromatic rings. The minimum atomic E-state index is -0.231. The molecule has 50 valence electrons. The molecule has 0 saturated carbocycles. The van der Waals surface area contributed by atoms with Gasteiger partial charge in [-0.05, 0) is 0 Å². The molecule has 5 heteroatoms. The van der Waals surface area contributed by atoms with Crippen molar-refractivity contribution < 1.29 is 10.4 Å². The van der Waals surface area contributed by atoms with Gasteiger partial charge in [-0.3, -0.25) is 0 Å². The largest absolute Gasteiger partial charge is 0.564 e. The maximum absolute atomic E-state index is 10.5. The quantitative estimate of drug-likeness (QED) is 0.388. The van der Waals surface area contributed by atoms with Crippen LogP contribution in [0.15, 0.2) is 0 Å². The molecule has 0 spiro atoms. The molecule has 2 unspecified atom stereocenters. The molecule has 0 aliphatic carbocycles. The Labute approximate surface area is 48.7 Å². The highest BCUT2D eigenvalue weighted by molar-refractivity contribution is 4.00.